The fourth-order valence-corrected chi connectivity index (χ4v) is 12.2. The van der Waals surface area contributed by atoms with Gasteiger partial charge in [-0.15, -0.1) is 0 Å². The van der Waals surface area contributed by atoms with Crippen molar-refractivity contribution in [3.63, 3.8) is 0 Å². The smallest absolute Gasteiger partial charge is 0.155 e. The van der Waals surface area contributed by atoms with Crippen LogP contribution in [0.3, 0.4) is 0 Å². The van der Waals surface area contributed by atoms with E-state index < -0.39 is 5.41 Å². The van der Waals surface area contributed by atoms with E-state index in [1.165, 1.54) is 69.9 Å². The van der Waals surface area contributed by atoms with Gasteiger partial charge in [0.25, 0.3) is 0 Å². The van der Waals surface area contributed by atoms with Crippen LogP contribution in [0.5, 0.6) is 0 Å². The Hall–Kier alpha value is -6.66. The molecule has 0 amide bonds. The summed E-state index contributed by atoms with van der Waals surface area (Å²) in [6.45, 7) is 4.82. The van der Waals surface area contributed by atoms with Crippen LogP contribution in [0.1, 0.15) is 51.4 Å². The second-order valence-electron chi connectivity index (χ2n) is 15.7. The van der Waals surface area contributed by atoms with E-state index in [1.807, 2.05) is 29.6 Å². The summed E-state index contributed by atoms with van der Waals surface area (Å²) >= 11 is 3.69. The van der Waals surface area contributed by atoms with Crippen LogP contribution in [-0.4, -0.2) is 11.5 Å². The van der Waals surface area contributed by atoms with Crippen LogP contribution >= 0.6 is 23.5 Å². The fourth-order valence-electron chi connectivity index (χ4n) is 9.80. The van der Waals surface area contributed by atoms with Gasteiger partial charge in [-0.2, -0.15) is 0 Å². The Morgan fingerprint density at radius 1 is 0.500 bits per heavy atom. The summed E-state index contributed by atoms with van der Waals surface area (Å²) in [5, 5.41) is 0. The number of nitrogens with zero attached hydrogens (tertiary/aromatic N) is 3. The molecule has 12 rings (SSSR count). The molecule has 0 saturated carbocycles. The highest BCUT2D eigenvalue weighted by atomic mass is 32.2. The summed E-state index contributed by atoms with van der Waals surface area (Å²) in [5.74, 6) is 0.722. The highest BCUT2D eigenvalue weighted by molar-refractivity contribution is 8.00. The van der Waals surface area contributed by atoms with Gasteiger partial charge in [-0.25, -0.2) is 4.99 Å². The lowest BCUT2D eigenvalue weighted by atomic mass is 9.67. The van der Waals surface area contributed by atoms with E-state index in [2.05, 4.69) is 193 Å². The molecule has 8 aromatic rings. The first-order valence-electron chi connectivity index (χ1n) is 20.4. The molecule has 1 aliphatic carbocycles. The monoisotopic (exact) mass is 803 g/mol. The molecule has 60 heavy (non-hydrogen) atoms. The zero-order valence-corrected chi connectivity index (χ0v) is 34.3. The number of amidine groups is 1. The fraction of sp³-hybridized carbons (Fsp3) is 0.0545. The molecule has 0 aromatic heterocycles. The van der Waals surface area contributed by atoms with Gasteiger partial charge in [-0.1, -0.05) is 182 Å². The van der Waals surface area contributed by atoms with E-state index in [-0.39, 0.29) is 6.04 Å². The third kappa shape index (κ3) is 5.32. The molecule has 3 nitrogen and oxygen atoms in total. The van der Waals surface area contributed by atoms with Crippen LogP contribution in [0.15, 0.2) is 236 Å². The van der Waals surface area contributed by atoms with Crippen molar-refractivity contribution in [1.82, 2.24) is 0 Å². The Kier molecular flexibility index (Phi) is 8.22. The third-order valence-electron chi connectivity index (χ3n) is 12.4. The van der Waals surface area contributed by atoms with E-state index >= 15 is 0 Å². The van der Waals surface area contributed by atoms with Crippen LogP contribution in [0.2, 0.25) is 0 Å². The van der Waals surface area contributed by atoms with Crippen LogP contribution in [0.25, 0.3) is 11.1 Å². The molecule has 0 bridgehead atoms. The van der Waals surface area contributed by atoms with Crippen molar-refractivity contribution in [2.24, 2.45) is 9.98 Å². The lowest BCUT2D eigenvalue weighted by Gasteiger charge is -2.40. The molecule has 1 atom stereocenters. The maximum absolute atomic E-state index is 5.59. The third-order valence-corrected chi connectivity index (χ3v) is 14.8. The normalized spacial score (nSPS) is 16.6. The molecule has 5 heteroatoms. The Bertz CT molecular complexity index is 3020. The minimum absolute atomic E-state index is 0.309. The first-order chi connectivity index (χ1) is 29.7. The summed E-state index contributed by atoms with van der Waals surface area (Å²) in [5.41, 5.74) is 16.1. The van der Waals surface area contributed by atoms with Crippen molar-refractivity contribution in [2.45, 2.75) is 37.5 Å². The molecule has 0 radical (unpaired) electrons. The van der Waals surface area contributed by atoms with E-state index in [4.69, 9.17) is 16.6 Å². The maximum Gasteiger partial charge on any atom is 0.155 e. The van der Waals surface area contributed by atoms with Crippen LogP contribution in [-0.2, 0) is 5.41 Å². The number of benzene rings is 8. The first-order valence-corrected chi connectivity index (χ1v) is 22.1. The molecule has 1 unspecified atom stereocenters. The van der Waals surface area contributed by atoms with Crippen molar-refractivity contribution < 1.29 is 0 Å². The van der Waals surface area contributed by atoms with Crippen molar-refractivity contribution >= 4 is 52.1 Å². The Labute approximate surface area is 358 Å². The van der Waals surface area contributed by atoms with Gasteiger partial charge in [-0.05, 0) is 92.5 Å². The summed E-state index contributed by atoms with van der Waals surface area (Å²) in [6.07, 6.45) is 0.595. The van der Waals surface area contributed by atoms with E-state index in [0.717, 1.165) is 33.9 Å². The number of aliphatic imine (C=N–C) groups is 2. The summed E-state index contributed by atoms with van der Waals surface area (Å²) in [7, 11) is 0. The maximum atomic E-state index is 5.59. The SMILES string of the molecule is C=C1CC(c2ccc(N3c4ccccc4Sc4ccccc43)cc2)=NC(c2ccccc2)=NC1c1cccc2c1Sc1ccccc1C21c2ccccc2-c2ccccc21. The van der Waals surface area contributed by atoms with Crippen molar-refractivity contribution in [1.29, 1.82) is 0 Å². The average Bonchev–Trinajstić information content (AvgIpc) is 3.47. The molecule has 4 aliphatic rings. The van der Waals surface area contributed by atoms with Crippen molar-refractivity contribution in [3.05, 3.63) is 245 Å². The van der Waals surface area contributed by atoms with Gasteiger partial charge in [0.2, 0.25) is 0 Å². The molecule has 3 heterocycles. The second kappa shape index (κ2) is 14.0. The molecule has 0 saturated heterocycles. The lowest BCUT2D eigenvalue weighted by molar-refractivity contribution is 0.706. The number of fused-ring (bicyclic) bond motifs is 11. The zero-order valence-electron chi connectivity index (χ0n) is 32.6. The Morgan fingerprint density at radius 2 is 1.07 bits per heavy atom. The number of rotatable bonds is 4. The van der Waals surface area contributed by atoms with Crippen molar-refractivity contribution in [2.75, 3.05) is 4.90 Å². The predicted molar refractivity (Wildman–Crippen MR) is 249 cm³/mol. The molecular formula is C55H37N3S2. The topological polar surface area (TPSA) is 28.0 Å². The van der Waals surface area contributed by atoms with E-state index in [1.54, 1.807) is 0 Å². The zero-order chi connectivity index (χ0) is 39.8. The minimum atomic E-state index is -0.462. The largest absolute Gasteiger partial charge is 0.308 e. The van der Waals surface area contributed by atoms with E-state index in [9.17, 15) is 0 Å². The molecule has 0 fully saturated rings. The average molecular weight is 804 g/mol. The van der Waals surface area contributed by atoms with Gasteiger partial charge in [0.15, 0.2) is 5.84 Å². The first kappa shape index (κ1) is 35.3. The molecular weight excluding hydrogens is 767 g/mol. The highest BCUT2D eigenvalue weighted by Crippen LogP contribution is 2.63. The predicted octanol–water partition coefficient (Wildman–Crippen LogP) is 14.4. The van der Waals surface area contributed by atoms with Gasteiger partial charge in [-0.3, -0.25) is 4.99 Å². The molecule has 3 aliphatic heterocycles. The standard InChI is InChI=1S/C55H37N3S2/c1-35-34-46(36-30-32-38(33-31-36)58-47-25-10-13-28-50(47)59-51-29-14-11-26-48(51)58)56-54(37-16-3-2-4-17-37)57-52(35)41-20-15-24-45-53(41)60-49-27-12-9-23-44(49)55(45)42-21-7-5-18-39(42)40-19-6-8-22-43(40)55/h2-33,52H,1,34H2. The Morgan fingerprint density at radius 3 is 1.75 bits per heavy atom. The van der Waals surface area contributed by atoms with Gasteiger partial charge in [0.1, 0.15) is 0 Å². The summed E-state index contributed by atoms with van der Waals surface area (Å²) in [6, 6.07) is 70.1. The summed E-state index contributed by atoms with van der Waals surface area (Å²) in [4.78, 5) is 18.4. The number of hydrogen-bond donors (Lipinski definition) is 0. The summed E-state index contributed by atoms with van der Waals surface area (Å²) < 4.78 is 0. The van der Waals surface area contributed by atoms with E-state index in [0.29, 0.717) is 6.42 Å². The van der Waals surface area contributed by atoms with Crippen LogP contribution in [0.4, 0.5) is 17.1 Å². The lowest BCUT2D eigenvalue weighted by Crippen LogP contribution is -2.32. The highest BCUT2D eigenvalue weighted by Gasteiger charge is 2.50. The van der Waals surface area contributed by atoms with Crippen LogP contribution in [0, 0.1) is 0 Å². The van der Waals surface area contributed by atoms with Crippen LogP contribution < -0.4 is 4.90 Å². The minimum Gasteiger partial charge on any atom is -0.308 e. The number of anilines is 3. The molecule has 0 N–H and O–H groups in total. The molecule has 8 aromatic carbocycles. The second-order valence-corrected chi connectivity index (χ2v) is 17.8. The number of hydrogen-bond acceptors (Lipinski definition) is 5. The van der Waals surface area contributed by atoms with Crippen molar-refractivity contribution in [3.8, 4) is 11.1 Å². The molecule has 284 valence electrons. The van der Waals surface area contributed by atoms with Gasteiger partial charge >= 0.3 is 0 Å². The quantitative estimate of drug-likeness (QED) is 0.166. The number of para-hydroxylation sites is 2. The molecule has 1 spiro atoms. The van der Waals surface area contributed by atoms with Gasteiger partial charge < -0.3 is 4.90 Å². The van der Waals surface area contributed by atoms with Gasteiger partial charge in [0, 0.05) is 37.3 Å². The Balaban J connectivity index is 0.978. The van der Waals surface area contributed by atoms with Gasteiger partial charge in [0.05, 0.1) is 28.5 Å².